The number of methoxy groups -OCH3 is 1. The van der Waals surface area contributed by atoms with Crippen molar-refractivity contribution in [1.29, 1.82) is 0 Å². The Morgan fingerprint density at radius 1 is 1.67 bits per heavy atom. The van der Waals surface area contributed by atoms with Gasteiger partial charge in [0.2, 0.25) is 0 Å². The van der Waals surface area contributed by atoms with Gasteiger partial charge in [0.1, 0.15) is 10.8 Å². The molecule has 15 heavy (non-hydrogen) atoms. The highest BCUT2D eigenvalue weighted by atomic mass is 32.1. The molecule has 0 bridgehead atoms. The third-order valence-electron chi connectivity index (χ3n) is 2.13. The summed E-state index contributed by atoms with van der Waals surface area (Å²) in [4.78, 5) is 1.94. The van der Waals surface area contributed by atoms with Gasteiger partial charge in [-0.1, -0.05) is 0 Å². The van der Waals surface area contributed by atoms with Crippen molar-refractivity contribution in [3.8, 4) is 0 Å². The van der Waals surface area contributed by atoms with Crippen molar-refractivity contribution in [2.24, 2.45) is 0 Å². The van der Waals surface area contributed by atoms with E-state index < -0.39 is 6.10 Å². The first-order valence-corrected chi connectivity index (χ1v) is 5.43. The fraction of sp³-hybridized carbons (Fsp3) is 0.667. The number of nitrogens with two attached hydrogens (primary N) is 1. The van der Waals surface area contributed by atoms with Gasteiger partial charge in [-0.3, -0.25) is 0 Å². The Morgan fingerprint density at radius 3 is 2.80 bits per heavy atom. The van der Waals surface area contributed by atoms with Gasteiger partial charge in [0.05, 0.1) is 12.7 Å². The van der Waals surface area contributed by atoms with Crippen molar-refractivity contribution < 1.29 is 9.84 Å². The number of ether oxygens (including phenoxy) is 1. The number of aliphatic hydroxyl groups excluding tert-OH is 1. The topological polar surface area (TPSA) is 71.6 Å². The normalized spacial score (nSPS) is 12.8. The standard InChI is InChI=1S/C9H17N3O2S/c1-6-8(10)11-15-9(6)12(2)4-7(13)5-14-3/h7,13H,4-5H2,1-3H3,(H2,10,11). The minimum atomic E-state index is -0.497. The van der Waals surface area contributed by atoms with Gasteiger partial charge in [-0.15, -0.1) is 0 Å². The number of hydrogen-bond acceptors (Lipinski definition) is 6. The molecule has 0 saturated carbocycles. The molecule has 0 fully saturated rings. The van der Waals surface area contributed by atoms with Crippen LogP contribution in [0.1, 0.15) is 5.56 Å². The molecule has 0 aromatic carbocycles. The fourth-order valence-electron chi connectivity index (χ4n) is 1.34. The number of rotatable bonds is 5. The molecule has 3 N–H and O–H groups in total. The second-order valence-corrected chi connectivity index (χ2v) is 4.24. The lowest BCUT2D eigenvalue weighted by Gasteiger charge is -2.20. The number of anilines is 2. The Hall–Kier alpha value is -0.850. The van der Waals surface area contributed by atoms with Crippen LogP contribution in [0.5, 0.6) is 0 Å². The average Bonchev–Trinajstić information content (AvgIpc) is 2.48. The summed E-state index contributed by atoms with van der Waals surface area (Å²) in [6, 6.07) is 0. The Balaban J connectivity index is 2.60. The lowest BCUT2D eigenvalue weighted by molar-refractivity contribution is 0.0696. The van der Waals surface area contributed by atoms with Crippen LogP contribution in [-0.4, -0.2) is 42.9 Å². The third-order valence-corrected chi connectivity index (χ3v) is 3.20. The van der Waals surface area contributed by atoms with Crippen molar-refractivity contribution in [2.45, 2.75) is 13.0 Å². The van der Waals surface area contributed by atoms with Crippen LogP contribution in [-0.2, 0) is 4.74 Å². The van der Waals surface area contributed by atoms with Crippen molar-refractivity contribution in [1.82, 2.24) is 4.37 Å². The van der Waals surface area contributed by atoms with Crippen molar-refractivity contribution in [3.05, 3.63) is 5.56 Å². The second-order valence-electron chi connectivity index (χ2n) is 3.49. The summed E-state index contributed by atoms with van der Waals surface area (Å²) in [5, 5.41) is 10.6. The number of aliphatic hydroxyl groups is 1. The van der Waals surface area contributed by atoms with Gasteiger partial charge in [0.25, 0.3) is 0 Å². The van der Waals surface area contributed by atoms with E-state index in [4.69, 9.17) is 10.5 Å². The molecule has 1 heterocycles. The largest absolute Gasteiger partial charge is 0.389 e. The zero-order valence-corrected chi connectivity index (χ0v) is 10.0. The van der Waals surface area contributed by atoms with E-state index in [0.717, 1.165) is 10.6 Å². The summed E-state index contributed by atoms with van der Waals surface area (Å²) in [5.74, 6) is 0.558. The summed E-state index contributed by atoms with van der Waals surface area (Å²) in [6.07, 6.45) is -0.497. The highest BCUT2D eigenvalue weighted by Gasteiger charge is 2.14. The summed E-state index contributed by atoms with van der Waals surface area (Å²) in [5.41, 5.74) is 6.62. The number of hydrogen-bond donors (Lipinski definition) is 2. The predicted molar refractivity (Wildman–Crippen MR) is 62.4 cm³/mol. The lowest BCUT2D eigenvalue weighted by atomic mass is 10.3. The minimum absolute atomic E-state index is 0.331. The highest BCUT2D eigenvalue weighted by Crippen LogP contribution is 2.28. The molecular formula is C9H17N3O2S. The van der Waals surface area contributed by atoms with Crippen LogP contribution in [0, 0.1) is 6.92 Å². The molecule has 0 amide bonds. The Bertz CT molecular complexity index is 316. The predicted octanol–water partition coefficient (Wildman–Crippen LogP) is 0.477. The van der Waals surface area contributed by atoms with E-state index in [9.17, 15) is 5.11 Å². The number of aromatic nitrogens is 1. The molecule has 0 aliphatic heterocycles. The van der Waals surface area contributed by atoms with E-state index in [1.807, 2.05) is 18.9 Å². The van der Waals surface area contributed by atoms with E-state index >= 15 is 0 Å². The molecule has 5 nitrogen and oxygen atoms in total. The van der Waals surface area contributed by atoms with Crippen LogP contribution >= 0.6 is 11.5 Å². The number of nitrogens with zero attached hydrogens (tertiary/aromatic N) is 2. The van der Waals surface area contributed by atoms with Gasteiger partial charge in [-0.05, 0) is 18.5 Å². The Labute approximate surface area is 93.6 Å². The van der Waals surface area contributed by atoms with Gasteiger partial charge < -0.3 is 20.5 Å². The zero-order valence-electron chi connectivity index (χ0n) is 9.23. The SMILES string of the molecule is COCC(O)CN(C)c1snc(N)c1C. The maximum absolute atomic E-state index is 9.56. The molecular weight excluding hydrogens is 214 g/mol. The molecule has 1 atom stereocenters. The first-order chi connectivity index (χ1) is 7.06. The number of likely N-dealkylation sites (N-methyl/N-ethyl adjacent to an activating group) is 1. The summed E-state index contributed by atoms with van der Waals surface area (Å²) >= 11 is 1.34. The smallest absolute Gasteiger partial charge is 0.142 e. The third kappa shape index (κ3) is 3.05. The van der Waals surface area contributed by atoms with Crippen LogP contribution in [0.2, 0.25) is 0 Å². The molecule has 1 rings (SSSR count). The maximum atomic E-state index is 9.56. The second kappa shape index (κ2) is 5.29. The molecule has 0 aliphatic carbocycles. The van der Waals surface area contributed by atoms with Gasteiger partial charge in [-0.25, -0.2) is 0 Å². The van der Waals surface area contributed by atoms with Gasteiger partial charge in [0.15, 0.2) is 0 Å². The molecule has 0 aliphatic rings. The maximum Gasteiger partial charge on any atom is 0.142 e. The molecule has 0 saturated heterocycles. The fourth-order valence-corrected chi connectivity index (χ4v) is 2.12. The van der Waals surface area contributed by atoms with Crippen LogP contribution in [0.4, 0.5) is 10.8 Å². The van der Waals surface area contributed by atoms with E-state index in [0.29, 0.717) is 19.0 Å². The van der Waals surface area contributed by atoms with Crippen LogP contribution in [0.3, 0.4) is 0 Å². The first kappa shape index (κ1) is 12.2. The molecule has 0 spiro atoms. The lowest BCUT2D eigenvalue weighted by Crippen LogP contribution is -2.31. The molecule has 86 valence electrons. The molecule has 6 heteroatoms. The van der Waals surface area contributed by atoms with Crippen LogP contribution < -0.4 is 10.6 Å². The Kier molecular flexibility index (Phi) is 4.31. The van der Waals surface area contributed by atoms with Crippen molar-refractivity contribution in [2.75, 3.05) is 37.9 Å². The molecule has 1 aromatic heterocycles. The van der Waals surface area contributed by atoms with Crippen LogP contribution in [0.25, 0.3) is 0 Å². The van der Waals surface area contributed by atoms with E-state index in [-0.39, 0.29) is 0 Å². The zero-order chi connectivity index (χ0) is 11.4. The Morgan fingerprint density at radius 2 is 2.33 bits per heavy atom. The highest BCUT2D eigenvalue weighted by molar-refractivity contribution is 7.10. The molecule has 1 aromatic rings. The van der Waals surface area contributed by atoms with E-state index in [1.165, 1.54) is 11.5 Å². The number of nitrogen functional groups attached to an aromatic ring is 1. The van der Waals surface area contributed by atoms with Gasteiger partial charge in [-0.2, -0.15) is 4.37 Å². The minimum Gasteiger partial charge on any atom is -0.389 e. The molecule has 1 unspecified atom stereocenters. The monoisotopic (exact) mass is 231 g/mol. The summed E-state index contributed by atoms with van der Waals surface area (Å²) < 4.78 is 8.92. The quantitative estimate of drug-likeness (QED) is 0.771. The van der Waals surface area contributed by atoms with Crippen molar-refractivity contribution >= 4 is 22.4 Å². The summed E-state index contributed by atoms with van der Waals surface area (Å²) in [7, 11) is 3.47. The van der Waals surface area contributed by atoms with E-state index in [1.54, 1.807) is 7.11 Å². The van der Waals surface area contributed by atoms with Crippen molar-refractivity contribution in [3.63, 3.8) is 0 Å². The van der Waals surface area contributed by atoms with Crippen LogP contribution in [0.15, 0.2) is 0 Å². The first-order valence-electron chi connectivity index (χ1n) is 4.66. The summed E-state index contributed by atoms with van der Waals surface area (Å²) in [6.45, 7) is 2.77. The van der Waals surface area contributed by atoms with Gasteiger partial charge >= 0.3 is 0 Å². The van der Waals surface area contributed by atoms with E-state index in [2.05, 4.69) is 4.37 Å². The average molecular weight is 231 g/mol. The van der Waals surface area contributed by atoms with Gasteiger partial charge in [0, 0.05) is 26.3 Å². The molecule has 0 radical (unpaired) electrons.